The van der Waals surface area contributed by atoms with E-state index in [1.54, 1.807) is 6.08 Å². The Morgan fingerprint density at radius 3 is 2.55 bits per heavy atom. The van der Waals surface area contributed by atoms with Gasteiger partial charge in [0, 0.05) is 0 Å². The van der Waals surface area contributed by atoms with Crippen molar-refractivity contribution >= 4 is 0 Å². The number of aliphatic hydroxyl groups excluding tert-OH is 1. The number of hydrogen-bond acceptors (Lipinski definition) is 1. The van der Waals surface area contributed by atoms with Gasteiger partial charge in [0.1, 0.15) is 0 Å². The Hall–Kier alpha value is -0.520. The van der Waals surface area contributed by atoms with E-state index < -0.39 is 0 Å². The smallest absolute Gasteiger partial charge is 0.0822 e. The molecule has 1 aliphatic rings. The van der Waals surface area contributed by atoms with Crippen LogP contribution in [0.15, 0.2) is 18.4 Å². The molecular weight excluding hydrogens is 136 g/mol. The van der Waals surface area contributed by atoms with Crippen LogP contribution in [0.3, 0.4) is 0 Å². The fourth-order valence-corrected chi connectivity index (χ4v) is 1.73. The molecule has 0 aromatic heterocycles. The minimum absolute atomic E-state index is 0.298. The molecule has 0 amide bonds. The molecule has 0 spiro atoms. The van der Waals surface area contributed by atoms with Gasteiger partial charge in [0.25, 0.3) is 0 Å². The first-order chi connectivity index (χ1) is 5.34. The van der Waals surface area contributed by atoms with Crippen LogP contribution in [0.1, 0.15) is 32.1 Å². The maximum atomic E-state index is 9.52. The summed E-state index contributed by atoms with van der Waals surface area (Å²) in [6.45, 7) is 3.45. The summed E-state index contributed by atoms with van der Waals surface area (Å²) in [7, 11) is 0. The predicted molar refractivity (Wildman–Crippen MR) is 46.3 cm³/mol. The normalized spacial score (nSPS) is 22.3. The Balaban J connectivity index is 2.38. The summed E-state index contributed by atoms with van der Waals surface area (Å²) < 4.78 is 0. The summed E-state index contributed by atoms with van der Waals surface area (Å²) in [5, 5.41) is 9.52. The van der Waals surface area contributed by atoms with Crippen molar-refractivity contribution in [3.8, 4) is 0 Å². The maximum Gasteiger partial charge on any atom is 0.0822 e. The van der Waals surface area contributed by atoms with Crippen LogP contribution < -0.4 is 0 Å². The molecule has 0 heterocycles. The largest absolute Gasteiger partial charge is 0.388 e. The van der Waals surface area contributed by atoms with E-state index >= 15 is 0 Å². The second-order valence-electron chi connectivity index (χ2n) is 3.26. The summed E-state index contributed by atoms with van der Waals surface area (Å²) in [5.74, 6) is 0.470. The summed E-state index contributed by atoms with van der Waals surface area (Å²) in [5.41, 5.74) is 2.64. The Bertz CT molecular complexity index is 150. The molecule has 1 saturated carbocycles. The van der Waals surface area contributed by atoms with Crippen LogP contribution in [0, 0.1) is 5.92 Å². The fraction of sp³-hybridized carbons (Fsp3) is 0.700. The third-order valence-electron chi connectivity index (χ3n) is 2.42. The lowest BCUT2D eigenvalue weighted by Crippen LogP contribution is -2.20. The van der Waals surface area contributed by atoms with Crippen LogP contribution in [0.25, 0.3) is 0 Å². The van der Waals surface area contributed by atoms with Crippen LogP contribution in [0.4, 0.5) is 0 Å². The zero-order chi connectivity index (χ0) is 8.10. The maximum absolute atomic E-state index is 9.52. The Kier molecular flexibility index (Phi) is 3.41. The van der Waals surface area contributed by atoms with Crippen molar-refractivity contribution in [1.82, 2.24) is 0 Å². The van der Waals surface area contributed by atoms with Crippen LogP contribution in [0.5, 0.6) is 0 Å². The van der Waals surface area contributed by atoms with Crippen molar-refractivity contribution in [3.63, 3.8) is 0 Å². The van der Waals surface area contributed by atoms with Gasteiger partial charge in [0.05, 0.1) is 6.10 Å². The van der Waals surface area contributed by atoms with Gasteiger partial charge in [-0.2, -0.15) is 0 Å². The van der Waals surface area contributed by atoms with Gasteiger partial charge in [0.2, 0.25) is 0 Å². The van der Waals surface area contributed by atoms with Crippen LogP contribution in [-0.2, 0) is 0 Å². The number of aliphatic hydroxyl groups is 1. The van der Waals surface area contributed by atoms with E-state index in [-0.39, 0.29) is 6.10 Å². The molecule has 1 heteroatoms. The molecule has 0 radical (unpaired) electrons. The average molecular weight is 152 g/mol. The second-order valence-corrected chi connectivity index (χ2v) is 3.26. The Labute approximate surface area is 68.4 Å². The van der Waals surface area contributed by atoms with E-state index in [2.05, 4.69) is 12.3 Å². The van der Waals surface area contributed by atoms with Crippen LogP contribution in [0.2, 0.25) is 0 Å². The lowest BCUT2D eigenvalue weighted by molar-refractivity contribution is 0.125. The van der Waals surface area contributed by atoms with Gasteiger partial charge < -0.3 is 5.11 Å². The van der Waals surface area contributed by atoms with Gasteiger partial charge in [-0.1, -0.05) is 25.8 Å². The van der Waals surface area contributed by atoms with E-state index in [9.17, 15) is 5.11 Å². The first kappa shape index (κ1) is 8.58. The summed E-state index contributed by atoms with van der Waals surface area (Å²) in [4.78, 5) is 0. The standard InChI is InChI=1S/C10H16O/c1-2-6-10(11)9-7-4-3-5-8-9/h6,9-11H,1,3-5,7-8H2. The quantitative estimate of drug-likeness (QED) is 0.602. The third-order valence-corrected chi connectivity index (χ3v) is 2.42. The molecule has 1 unspecified atom stereocenters. The molecule has 1 fully saturated rings. The monoisotopic (exact) mass is 152 g/mol. The SMILES string of the molecule is C=C=CC(O)C1CCCCC1. The first-order valence-corrected chi connectivity index (χ1v) is 4.38. The lowest BCUT2D eigenvalue weighted by Gasteiger charge is -2.23. The van der Waals surface area contributed by atoms with Crippen molar-refractivity contribution in [3.05, 3.63) is 18.4 Å². The summed E-state index contributed by atoms with van der Waals surface area (Å²) >= 11 is 0. The van der Waals surface area contributed by atoms with Gasteiger partial charge in [0.15, 0.2) is 0 Å². The Morgan fingerprint density at radius 1 is 1.36 bits per heavy atom. The molecule has 1 rings (SSSR count). The van der Waals surface area contributed by atoms with Gasteiger partial charge in [-0.05, 0) is 24.8 Å². The van der Waals surface area contributed by atoms with E-state index in [1.165, 1.54) is 32.1 Å². The van der Waals surface area contributed by atoms with Crippen LogP contribution >= 0.6 is 0 Å². The molecule has 11 heavy (non-hydrogen) atoms. The van der Waals surface area contributed by atoms with Gasteiger partial charge in [-0.3, -0.25) is 0 Å². The summed E-state index contributed by atoms with van der Waals surface area (Å²) in [6.07, 6.45) is 7.59. The molecule has 62 valence electrons. The topological polar surface area (TPSA) is 20.2 Å². The van der Waals surface area contributed by atoms with E-state index in [4.69, 9.17) is 0 Å². The van der Waals surface area contributed by atoms with Crippen molar-refractivity contribution in [2.45, 2.75) is 38.2 Å². The zero-order valence-electron chi connectivity index (χ0n) is 6.92. The average Bonchev–Trinajstić information content (AvgIpc) is 2.07. The molecule has 1 atom stereocenters. The van der Waals surface area contributed by atoms with Gasteiger partial charge in [-0.15, -0.1) is 5.73 Å². The first-order valence-electron chi connectivity index (χ1n) is 4.38. The molecule has 0 saturated heterocycles. The molecular formula is C10H16O. The highest BCUT2D eigenvalue weighted by atomic mass is 16.3. The lowest BCUT2D eigenvalue weighted by atomic mass is 9.85. The van der Waals surface area contributed by atoms with Crippen molar-refractivity contribution in [2.24, 2.45) is 5.92 Å². The molecule has 0 bridgehead atoms. The molecule has 1 aliphatic carbocycles. The number of rotatable bonds is 2. The van der Waals surface area contributed by atoms with Crippen molar-refractivity contribution in [1.29, 1.82) is 0 Å². The molecule has 0 aromatic carbocycles. The fourth-order valence-electron chi connectivity index (χ4n) is 1.73. The van der Waals surface area contributed by atoms with Gasteiger partial charge in [-0.25, -0.2) is 0 Å². The predicted octanol–water partition coefficient (Wildman–Crippen LogP) is 2.27. The summed E-state index contributed by atoms with van der Waals surface area (Å²) in [6, 6.07) is 0. The molecule has 0 aliphatic heterocycles. The third kappa shape index (κ3) is 2.53. The molecule has 1 nitrogen and oxygen atoms in total. The van der Waals surface area contributed by atoms with Crippen molar-refractivity contribution in [2.75, 3.05) is 0 Å². The highest BCUT2D eigenvalue weighted by molar-refractivity contribution is 4.89. The minimum Gasteiger partial charge on any atom is -0.388 e. The van der Waals surface area contributed by atoms with Gasteiger partial charge >= 0.3 is 0 Å². The zero-order valence-corrected chi connectivity index (χ0v) is 6.92. The molecule has 1 N–H and O–H groups in total. The van der Waals surface area contributed by atoms with E-state index in [0.29, 0.717) is 5.92 Å². The van der Waals surface area contributed by atoms with Crippen LogP contribution in [-0.4, -0.2) is 11.2 Å². The highest BCUT2D eigenvalue weighted by Crippen LogP contribution is 2.26. The highest BCUT2D eigenvalue weighted by Gasteiger charge is 2.18. The minimum atomic E-state index is -0.298. The Morgan fingerprint density at radius 2 is 2.00 bits per heavy atom. The number of hydrogen-bond donors (Lipinski definition) is 1. The van der Waals surface area contributed by atoms with E-state index in [1.807, 2.05) is 0 Å². The molecule has 0 aromatic rings. The van der Waals surface area contributed by atoms with Crippen molar-refractivity contribution < 1.29 is 5.11 Å². The second kappa shape index (κ2) is 4.38. The van der Waals surface area contributed by atoms with E-state index in [0.717, 1.165) is 0 Å².